The number of amides is 2. The maximum atomic E-state index is 11.8. The highest BCUT2D eigenvalue weighted by atomic mass is 16.6. The highest BCUT2D eigenvalue weighted by Gasteiger charge is 2.30. The Bertz CT molecular complexity index is 419. The fraction of sp³-hybridized carbons (Fsp3) is 0.875. The summed E-state index contributed by atoms with van der Waals surface area (Å²) in [6.07, 6.45) is 4.14. The van der Waals surface area contributed by atoms with E-state index in [2.05, 4.69) is 10.6 Å². The van der Waals surface area contributed by atoms with Gasteiger partial charge >= 0.3 is 6.09 Å². The second-order valence-electron chi connectivity index (χ2n) is 7.53. The molecule has 2 amide bonds. The molecule has 1 aliphatic heterocycles. The molecule has 2 rings (SSSR count). The number of carbonyl (C=O) groups is 2. The van der Waals surface area contributed by atoms with Crippen LogP contribution in [0.25, 0.3) is 0 Å². The molecule has 3 atom stereocenters. The Morgan fingerprint density at radius 2 is 1.86 bits per heavy atom. The van der Waals surface area contributed by atoms with Gasteiger partial charge in [0.2, 0.25) is 5.91 Å². The van der Waals surface area contributed by atoms with Crippen LogP contribution in [0, 0.1) is 0 Å². The average molecular weight is 311 g/mol. The Kier molecular flexibility index (Phi) is 5.32. The zero-order valence-corrected chi connectivity index (χ0v) is 14.1. The molecule has 0 radical (unpaired) electrons. The highest BCUT2D eigenvalue weighted by molar-refractivity contribution is 5.76. The van der Waals surface area contributed by atoms with Gasteiger partial charge in [-0.15, -0.1) is 0 Å². The zero-order chi connectivity index (χ0) is 16.3. The van der Waals surface area contributed by atoms with Crippen molar-refractivity contribution in [1.82, 2.24) is 15.5 Å². The lowest BCUT2D eigenvalue weighted by Crippen LogP contribution is -2.49. The molecule has 1 saturated heterocycles. The molecule has 0 aromatic rings. The van der Waals surface area contributed by atoms with E-state index in [1.54, 1.807) is 4.90 Å². The van der Waals surface area contributed by atoms with Gasteiger partial charge in [0.15, 0.2) is 0 Å². The van der Waals surface area contributed by atoms with Crippen molar-refractivity contribution in [2.45, 2.75) is 76.6 Å². The van der Waals surface area contributed by atoms with Crippen molar-refractivity contribution in [2.75, 3.05) is 13.6 Å². The van der Waals surface area contributed by atoms with Crippen LogP contribution in [0.3, 0.4) is 0 Å². The van der Waals surface area contributed by atoms with E-state index in [9.17, 15) is 9.59 Å². The lowest BCUT2D eigenvalue weighted by molar-refractivity contribution is -0.132. The minimum absolute atomic E-state index is 0.176. The number of rotatable bonds is 3. The quantitative estimate of drug-likeness (QED) is 0.831. The van der Waals surface area contributed by atoms with Gasteiger partial charge in [0.1, 0.15) is 5.60 Å². The molecule has 0 spiro atoms. The maximum absolute atomic E-state index is 11.8. The molecule has 2 fully saturated rings. The van der Waals surface area contributed by atoms with Crippen molar-refractivity contribution < 1.29 is 14.3 Å². The van der Waals surface area contributed by atoms with Gasteiger partial charge in [0.25, 0.3) is 0 Å². The minimum atomic E-state index is -0.459. The van der Waals surface area contributed by atoms with E-state index in [-0.39, 0.29) is 18.0 Å². The predicted molar refractivity (Wildman–Crippen MR) is 84.6 cm³/mol. The number of piperidine rings is 1. The molecule has 1 aliphatic carbocycles. The van der Waals surface area contributed by atoms with Crippen molar-refractivity contribution in [3.63, 3.8) is 0 Å². The van der Waals surface area contributed by atoms with Gasteiger partial charge in [-0.05, 0) is 46.5 Å². The first-order valence-corrected chi connectivity index (χ1v) is 8.22. The van der Waals surface area contributed by atoms with E-state index < -0.39 is 5.60 Å². The summed E-state index contributed by atoms with van der Waals surface area (Å²) >= 11 is 0. The summed E-state index contributed by atoms with van der Waals surface area (Å²) in [5.74, 6) is 0.231. The van der Waals surface area contributed by atoms with Crippen LogP contribution in [0.2, 0.25) is 0 Å². The SMILES string of the molecule is CN1CC(NC2CCC(NC(=O)OC(C)(C)C)C2)CCC1=O. The molecule has 0 bridgehead atoms. The number of nitrogens with zero attached hydrogens (tertiary/aromatic N) is 1. The fourth-order valence-electron chi connectivity index (χ4n) is 3.22. The van der Waals surface area contributed by atoms with Gasteiger partial charge in [-0.2, -0.15) is 0 Å². The largest absolute Gasteiger partial charge is 0.444 e. The Morgan fingerprint density at radius 1 is 1.18 bits per heavy atom. The molecule has 2 aliphatic rings. The van der Waals surface area contributed by atoms with Gasteiger partial charge in [0, 0.05) is 38.1 Å². The molecule has 6 nitrogen and oxygen atoms in total. The first-order chi connectivity index (χ1) is 10.2. The summed E-state index contributed by atoms with van der Waals surface area (Å²) < 4.78 is 5.30. The van der Waals surface area contributed by atoms with E-state index in [0.29, 0.717) is 18.5 Å². The van der Waals surface area contributed by atoms with Gasteiger partial charge < -0.3 is 20.3 Å². The van der Waals surface area contributed by atoms with Crippen LogP contribution >= 0.6 is 0 Å². The molecule has 3 unspecified atom stereocenters. The molecular weight excluding hydrogens is 282 g/mol. The van der Waals surface area contributed by atoms with E-state index in [4.69, 9.17) is 4.74 Å². The number of nitrogens with one attached hydrogen (secondary N) is 2. The number of hydrogen-bond donors (Lipinski definition) is 2. The van der Waals surface area contributed by atoms with Crippen LogP contribution in [0.15, 0.2) is 0 Å². The maximum Gasteiger partial charge on any atom is 0.407 e. The fourth-order valence-corrected chi connectivity index (χ4v) is 3.22. The second-order valence-corrected chi connectivity index (χ2v) is 7.53. The number of ether oxygens (including phenoxy) is 1. The first-order valence-electron chi connectivity index (χ1n) is 8.22. The van der Waals surface area contributed by atoms with E-state index in [0.717, 1.165) is 32.2 Å². The van der Waals surface area contributed by atoms with Crippen LogP contribution in [-0.2, 0) is 9.53 Å². The van der Waals surface area contributed by atoms with Crippen molar-refractivity contribution in [2.24, 2.45) is 0 Å². The van der Waals surface area contributed by atoms with Gasteiger partial charge in [0.05, 0.1) is 0 Å². The van der Waals surface area contributed by atoms with Crippen LogP contribution < -0.4 is 10.6 Å². The third-order valence-corrected chi connectivity index (χ3v) is 4.25. The second kappa shape index (κ2) is 6.86. The van der Waals surface area contributed by atoms with Gasteiger partial charge in [-0.25, -0.2) is 4.79 Å². The Labute approximate surface area is 132 Å². The Balaban J connectivity index is 1.71. The van der Waals surface area contributed by atoms with E-state index >= 15 is 0 Å². The standard InChI is InChI=1S/C16H29N3O3/c1-16(2,3)22-15(21)18-12-6-5-11(9-12)17-13-7-8-14(20)19(4)10-13/h11-13,17H,5-10H2,1-4H3,(H,18,21). The summed E-state index contributed by atoms with van der Waals surface area (Å²) in [6, 6.07) is 0.954. The van der Waals surface area contributed by atoms with Crippen molar-refractivity contribution in [1.29, 1.82) is 0 Å². The number of likely N-dealkylation sites (N-methyl/N-ethyl adjacent to an activating group) is 1. The third-order valence-electron chi connectivity index (χ3n) is 4.25. The summed E-state index contributed by atoms with van der Waals surface area (Å²) in [6.45, 7) is 6.38. The monoisotopic (exact) mass is 311 g/mol. The van der Waals surface area contributed by atoms with E-state index in [1.165, 1.54) is 0 Å². The van der Waals surface area contributed by atoms with Crippen LogP contribution in [-0.4, -0.2) is 54.2 Å². The molecule has 6 heteroatoms. The lowest BCUT2D eigenvalue weighted by atomic mass is 10.0. The van der Waals surface area contributed by atoms with Crippen LogP contribution in [0.1, 0.15) is 52.9 Å². The molecule has 0 aromatic heterocycles. The van der Waals surface area contributed by atoms with Crippen molar-refractivity contribution >= 4 is 12.0 Å². The number of alkyl carbamates (subject to hydrolysis) is 1. The smallest absolute Gasteiger partial charge is 0.407 e. The summed E-state index contributed by atoms with van der Waals surface area (Å²) in [5.41, 5.74) is -0.459. The van der Waals surface area contributed by atoms with Crippen LogP contribution in [0.4, 0.5) is 4.79 Å². The highest BCUT2D eigenvalue weighted by Crippen LogP contribution is 2.22. The molecule has 126 valence electrons. The average Bonchev–Trinajstić information content (AvgIpc) is 2.78. The van der Waals surface area contributed by atoms with Crippen molar-refractivity contribution in [3.05, 3.63) is 0 Å². The Hall–Kier alpha value is -1.30. The molecule has 22 heavy (non-hydrogen) atoms. The van der Waals surface area contributed by atoms with Crippen LogP contribution in [0.5, 0.6) is 0 Å². The molecule has 0 aromatic carbocycles. The normalized spacial score (nSPS) is 29.5. The molecule has 1 heterocycles. The summed E-state index contributed by atoms with van der Waals surface area (Å²) in [5, 5.41) is 6.59. The zero-order valence-electron chi connectivity index (χ0n) is 14.1. The number of likely N-dealkylation sites (tertiary alicyclic amines) is 1. The predicted octanol–water partition coefficient (Wildman–Crippen LogP) is 1.64. The molecular formula is C16H29N3O3. The Morgan fingerprint density at radius 3 is 2.50 bits per heavy atom. The lowest BCUT2D eigenvalue weighted by Gasteiger charge is -2.32. The minimum Gasteiger partial charge on any atom is -0.444 e. The number of hydrogen-bond acceptors (Lipinski definition) is 4. The summed E-state index contributed by atoms with van der Waals surface area (Å²) in [4.78, 5) is 25.1. The number of carbonyl (C=O) groups excluding carboxylic acids is 2. The third kappa shape index (κ3) is 5.16. The molecule has 1 saturated carbocycles. The summed E-state index contributed by atoms with van der Waals surface area (Å²) in [7, 11) is 1.86. The van der Waals surface area contributed by atoms with Gasteiger partial charge in [-0.3, -0.25) is 4.79 Å². The topological polar surface area (TPSA) is 70.7 Å². The van der Waals surface area contributed by atoms with Crippen molar-refractivity contribution in [3.8, 4) is 0 Å². The molecule has 2 N–H and O–H groups in total. The van der Waals surface area contributed by atoms with Gasteiger partial charge in [-0.1, -0.05) is 0 Å². The van der Waals surface area contributed by atoms with E-state index in [1.807, 2.05) is 27.8 Å². The first kappa shape index (κ1) is 17.1.